The van der Waals surface area contributed by atoms with Crippen LogP contribution in [0.5, 0.6) is 0 Å². The van der Waals surface area contributed by atoms with E-state index < -0.39 is 0 Å². The summed E-state index contributed by atoms with van der Waals surface area (Å²) in [5, 5.41) is 2.39. The highest BCUT2D eigenvalue weighted by Crippen LogP contribution is 2.40. The lowest BCUT2D eigenvalue weighted by Crippen LogP contribution is -2.10. The smallest absolute Gasteiger partial charge is 0.0540 e. The van der Waals surface area contributed by atoms with Crippen LogP contribution in [0.3, 0.4) is 0 Å². The van der Waals surface area contributed by atoms with Crippen molar-refractivity contribution < 1.29 is 0 Å². The van der Waals surface area contributed by atoms with E-state index in [-0.39, 0.29) is 0 Å². The number of para-hydroxylation sites is 1. The number of fused-ring (bicyclic) bond motifs is 1. The van der Waals surface area contributed by atoms with Gasteiger partial charge in [0.1, 0.15) is 0 Å². The lowest BCUT2D eigenvalue weighted by molar-refractivity contribution is 1.29. The molecular weight excluding hydrogens is 663 g/mol. The minimum absolute atomic E-state index is 1.10. The Bertz CT molecular complexity index is 2500. The fraction of sp³-hybridized carbons (Fsp3) is 0. The normalized spacial score (nSPS) is 11.1. The molecule has 1 nitrogen and oxygen atoms in total. The zero-order chi connectivity index (χ0) is 37.1. The third-order valence-electron chi connectivity index (χ3n) is 9.77. The minimum Gasteiger partial charge on any atom is -0.310 e. The zero-order valence-electron chi connectivity index (χ0n) is 30.6. The van der Waals surface area contributed by atoms with Gasteiger partial charge in [0.05, 0.1) is 5.69 Å². The molecule has 0 saturated heterocycles. The van der Waals surface area contributed by atoms with Gasteiger partial charge in [0, 0.05) is 16.8 Å². The molecule has 8 rings (SSSR count). The van der Waals surface area contributed by atoms with Crippen LogP contribution in [0.15, 0.2) is 237 Å². The van der Waals surface area contributed by atoms with Crippen LogP contribution in [0.25, 0.3) is 34.1 Å². The fourth-order valence-electron chi connectivity index (χ4n) is 7.08. The van der Waals surface area contributed by atoms with Crippen LogP contribution in [-0.4, -0.2) is 0 Å². The number of anilines is 3. The molecule has 0 unspecified atom stereocenters. The van der Waals surface area contributed by atoms with Crippen LogP contribution in [-0.2, 0) is 0 Å². The molecule has 8 aromatic carbocycles. The fourth-order valence-corrected chi connectivity index (χ4v) is 7.08. The third kappa shape index (κ3) is 8.23. The van der Waals surface area contributed by atoms with E-state index in [1.54, 1.807) is 0 Å². The van der Waals surface area contributed by atoms with Crippen molar-refractivity contribution in [3.8, 4) is 0 Å². The molecule has 0 atom stereocenters. The highest BCUT2D eigenvalue weighted by atomic mass is 15.1. The molecule has 0 radical (unpaired) electrons. The van der Waals surface area contributed by atoms with E-state index in [0.29, 0.717) is 0 Å². The predicted molar refractivity (Wildman–Crippen MR) is 237 cm³/mol. The number of nitrogens with zero attached hydrogens (tertiary/aromatic N) is 1. The largest absolute Gasteiger partial charge is 0.310 e. The number of allylic oxidation sites excluding steroid dienone is 4. The van der Waals surface area contributed by atoms with Gasteiger partial charge in [0.2, 0.25) is 0 Å². The standard InChI is InChI=1S/C54H41N/c1-6-21-43(22-7-1)50(44-23-8-2-9-24-44)34-18-20-42-36-39-49(40-37-42)55(48-30-14-5-15-31-48)54-41-38-47(52-32-16-17-33-53(52)54)29-19-35-51(45-25-10-3-11-26-45)46-27-12-4-13-28-46/h1-41H/b20-18+,29-19+. The lowest BCUT2D eigenvalue weighted by Gasteiger charge is -2.27. The molecule has 0 aliphatic carbocycles. The van der Waals surface area contributed by atoms with Gasteiger partial charge in [-0.1, -0.05) is 218 Å². The molecule has 0 fully saturated rings. The molecule has 0 saturated carbocycles. The highest BCUT2D eigenvalue weighted by Gasteiger charge is 2.16. The second kappa shape index (κ2) is 17.1. The average Bonchev–Trinajstić information content (AvgIpc) is 3.26. The SMILES string of the molecule is C(/C=C/c1ccc(N(c2ccccc2)c2ccc(/C=C/C=C(c3ccccc3)c3ccccc3)c3ccccc23)cc1)=C(c1ccccc1)c1ccccc1. The molecule has 0 aromatic heterocycles. The Hall–Kier alpha value is -7.22. The van der Waals surface area contributed by atoms with E-state index >= 15 is 0 Å². The number of rotatable bonds is 11. The summed E-state index contributed by atoms with van der Waals surface area (Å²) in [5.41, 5.74) is 12.8. The summed E-state index contributed by atoms with van der Waals surface area (Å²) in [5.74, 6) is 0. The second-order valence-electron chi connectivity index (χ2n) is 13.3. The third-order valence-corrected chi connectivity index (χ3v) is 9.77. The van der Waals surface area contributed by atoms with Gasteiger partial charge in [-0.05, 0) is 80.2 Å². The molecule has 0 aliphatic rings. The molecule has 0 spiro atoms. The maximum Gasteiger partial charge on any atom is 0.0540 e. The Kier molecular flexibility index (Phi) is 10.8. The van der Waals surface area contributed by atoms with Gasteiger partial charge >= 0.3 is 0 Å². The maximum absolute atomic E-state index is 2.36. The van der Waals surface area contributed by atoms with E-state index in [2.05, 4.69) is 254 Å². The van der Waals surface area contributed by atoms with Gasteiger partial charge in [-0.2, -0.15) is 0 Å². The van der Waals surface area contributed by atoms with Crippen LogP contribution >= 0.6 is 0 Å². The van der Waals surface area contributed by atoms with Crippen molar-refractivity contribution in [1.82, 2.24) is 0 Å². The quantitative estimate of drug-likeness (QED) is 0.121. The van der Waals surface area contributed by atoms with Crippen LogP contribution in [0.1, 0.15) is 33.4 Å². The Morgan fingerprint density at radius 1 is 0.327 bits per heavy atom. The molecule has 0 aliphatic heterocycles. The zero-order valence-corrected chi connectivity index (χ0v) is 30.6. The summed E-state index contributed by atoms with van der Waals surface area (Å²) in [4.78, 5) is 2.36. The predicted octanol–water partition coefficient (Wildman–Crippen LogP) is 14.6. The second-order valence-corrected chi connectivity index (χ2v) is 13.3. The molecule has 8 aromatic rings. The molecule has 0 bridgehead atoms. The van der Waals surface area contributed by atoms with Gasteiger partial charge in [0.25, 0.3) is 0 Å². The van der Waals surface area contributed by atoms with Crippen LogP contribution in [0.4, 0.5) is 17.1 Å². The first kappa shape index (κ1) is 34.8. The van der Waals surface area contributed by atoms with Crippen molar-refractivity contribution in [2.45, 2.75) is 0 Å². The molecule has 0 amide bonds. The molecule has 1 heteroatoms. The Labute approximate surface area is 324 Å². The summed E-state index contributed by atoms with van der Waals surface area (Å²) in [6.45, 7) is 0. The van der Waals surface area contributed by atoms with E-state index in [9.17, 15) is 0 Å². The molecule has 0 heterocycles. The van der Waals surface area contributed by atoms with Crippen molar-refractivity contribution in [2.24, 2.45) is 0 Å². The maximum atomic E-state index is 2.36. The van der Waals surface area contributed by atoms with E-state index in [4.69, 9.17) is 0 Å². The van der Waals surface area contributed by atoms with Gasteiger partial charge in [0.15, 0.2) is 0 Å². The first-order chi connectivity index (χ1) is 27.3. The Morgan fingerprint density at radius 2 is 0.727 bits per heavy atom. The van der Waals surface area contributed by atoms with E-state index in [0.717, 1.165) is 22.6 Å². The van der Waals surface area contributed by atoms with Gasteiger partial charge in [-0.15, -0.1) is 0 Å². The molecular formula is C54H41N. The Morgan fingerprint density at radius 3 is 1.22 bits per heavy atom. The van der Waals surface area contributed by atoms with E-state index in [1.807, 2.05) is 0 Å². The van der Waals surface area contributed by atoms with Crippen molar-refractivity contribution in [3.63, 3.8) is 0 Å². The van der Waals surface area contributed by atoms with Crippen LogP contribution in [0, 0.1) is 0 Å². The summed E-state index contributed by atoms with van der Waals surface area (Å²) >= 11 is 0. The van der Waals surface area contributed by atoms with Crippen LogP contribution < -0.4 is 4.90 Å². The number of hydrogen-bond acceptors (Lipinski definition) is 1. The van der Waals surface area contributed by atoms with Gasteiger partial charge in [-0.25, -0.2) is 0 Å². The first-order valence-electron chi connectivity index (χ1n) is 18.8. The highest BCUT2D eigenvalue weighted by molar-refractivity contribution is 6.03. The summed E-state index contributed by atoms with van der Waals surface area (Å²) in [6.07, 6.45) is 13.2. The summed E-state index contributed by atoms with van der Waals surface area (Å²) in [6, 6.07) is 75.0. The molecule has 0 N–H and O–H groups in total. The minimum atomic E-state index is 1.10. The van der Waals surface area contributed by atoms with Gasteiger partial charge < -0.3 is 4.90 Å². The first-order valence-corrected chi connectivity index (χ1v) is 18.8. The van der Waals surface area contributed by atoms with Gasteiger partial charge in [-0.3, -0.25) is 0 Å². The van der Waals surface area contributed by atoms with Crippen molar-refractivity contribution >= 4 is 51.1 Å². The molecule has 262 valence electrons. The number of hydrogen-bond donors (Lipinski definition) is 0. The lowest BCUT2D eigenvalue weighted by atomic mass is 9.97. The van der Waals surface area contributed by atoms with Crippen molar-refractivity contribution in [2.75, 3.05) is 4.90 Å². The van der Waals surface area contributed by atoms with Crippen LogP contribution in [0.2, 0.25) is 0 Å². The number of benzene rings is 8. The summed E-state index contributed by atoms with van der Waals surface area (Å²) < 4.78 is 0. The van der Waals surface area contributed by atoms with E-state index in [1.165, 1.54) is 49.7 Å². The van der Waals surface area contributed by atoms with Crippen molar-refractivity contribution in [3.05, 3.63) is 270 Å². The monoisotopic (exact) mass is 703 g/mol. The topological polar surface area (TPSA) is 3.24 Å². The van der Waals surface area contributed by atoms with Crippen molar-refractivity contribution in [1.29, 1.82) is 0 Å². The summed E-state index contributed by atoms with van der Waals surface area (Å²) in [7, 11) is 0. The average molecular weight is 704 g/mol. The Balaban J connectivity index is 1.12. The molecule has 55 heavy (non-hydrogen) atoms.